The number of hydrogen-bond acceptors (Lipinski definition) is 4. The monoisotopic (exact) mass is 268 g/mol. The number of halogens is 1. The molecule has 0 aliphatic carbocycles. The number of esters is 2. The second-order valence-electron chi connectivity index (χ2n) is 4.40. The van der Waals surface area contributed by atoms with E-state index < -0.39 is 17.8 Å². The average Bonchev–Trinajstić information content (AvgIpc) is 2.36. The van der Waals surface area contributed by atoms with Gasteiger partial charge in [-0.25, -0.2) is 14.0 Å². The highest BCUT2D eigenvalue weighted by Gasteiger charge is 2.20. The molecule has 0 aliphatic rings. The summed E-state index contributed by atoms with van der Waals surface area (Å²) < 4.78 is 23.0. The van der Waals surface area contributed by atoms with Gasteiger partial charge in [-0.05, 0) is 31.0 Å². The highest BCUT2D eigenvalue weighted by Crippen LogP contribution is 2.15. The largest absolute Gasteiger partial charge is 0.462 e. The lowest BCUT2D eigenvalue weighted by molar-refractivity contribution is 0.0434. The second-order valence-corrected chi connectivity index (χ2v) is 4.40. The highest BCUT2D eigenvalue weighted by atomic mass is 19.1. The van der Waals surface area contributed by atoms with Crippen LogP contribution in [0.25, 0.3) is 0 Å². The molecule has 0 amide bonds. The fourth-order valence-electron chi connectivity index (χ4n) is 1.39. The van der Waals surface area contributed by atoms with E-state index >= 15 is 0 Å². The molecule has 0 aromatic heterocycles. The minimum Gasteiger partial charge on any atom is -0.462 e. The van der Waals surface area contributed by atoms with Crippen LogP contribution >= 0.6 is 0 Å². The summed E-state index contributed by atoms with van der Waals surface area (Å²) in [5, 5.41) is 0. The molecule has 0 saturated carbocycles. The molecule has 0 atom stereocenters. The molecule has 104 valence electrons. The molecule has 0 bridgehead atoms. The normalized spacial score (nSPS) is 10.4. The minimum atomic E-state index is -0.726. The van der Waals surface area contributed by atoms with E-state index in [-0.39, 0.29) is 30.3 Å². The van der Waals surface area contributed by atoms with Gasteiger partial charge in [0.1, 0.15) is 5.82 Å². The highest BCUT2D eigenvalue weighted by molar-refractivity contribution is 6.03. The molecule has 0 unspecified atom stereocenters. The Balaban J connectivity index is 2.99. The zero-order valence-electron chi connectivity index (χ0n) is 11.2. The van der Waals surface area contributed by atoms with Gasteiger partial charge in [0.15, 0.2) is 0 Å². The van der Waals surface area contributed by atoms with Gasteiger partial charge in [0.2, 0.25) is 0 Å². The first-order valence-corrected chi connectivity index (χ1v) is 6.09. The van der Waals surface area contributed by atoms with E-state index in [0.29, 0.717) is 0 Å². The first-order valence-electron chi connectivity index (χ1n) is 6.09. The van der Waals surface area contributed by atoms with Gasteiger partial charge in [-0.1, -0.05) is 13.8 Å². The van der Waals surface area contributed by atoms with Crippen LogP contribution in [0.1, 0.15) is 41.5 Å². The summed E-state index contributed by atoms with van der Waals surface area (Å²) in [5.74, 6) is -1.84. The predicted molar refractivity (Wildman–Crippen MR) is 67.5 cm³/mol. The molecular weight excluding hydrogens is 251 g/mol. The second kappa shape index (κ2) is 6.87. The van der Waals surface area contributed by atoms with Crippen molar-refractivity contribution >= 4 is 11.9 Å². The summed E-state index contributed by atoms with van der Waals surface area (Å²) in [6, 6.07) is 3.31. The van der Waals surface area contributed by atoms with Gasteiger partial charge >= 0.3 is 11.9 Å². The molecule has 1 aromatic carbocycles. The predicted octanol–water partition coefficient (Wildman–Crippen LogP) is 2.82. The SMILES string of the molecule is CCOC(=O)c1ccc(F)cc1C(=O)OCC(C)C. The van der Waals surface area contributed by atoms with Crippen LogP contribution in [0.5, 0.6) is 0 Å². The standard InChI is InChI=1S/C14H17FO4/c1-4-18-13(16)11-6-5-10(15)7-12(11)14(17)19-8-9(2)3/h5-7,9H,4,8H2,1-3H3. The van der Waals surface area contributed by atoms with E-state index in [4.69, 9.17) is 9.47 Å². The number of ether oxygens (including phenoxy) is 2. The van der Waals surface area contributed by atoms with Crippen LogP contribution in [0.4, 0.5) is 4.39 Å². The smallest absolute Gasteiger partial charge is 0.339 e. The number of rotatable bonds is 5. The summed E-state index contributed by atoms with van der Waals surface area (Å²) >= 11 is 0. The molecule has 0 radical (unpaired) electrons. The van der Waals surface area contributed by atoms with E-state index in [1.54, 1.807) is 6.92 Å². The molecule has 0 N–H and O–H groups in total. The number of carbonyl (C=O) groups is 2. The molecular formula is C14H17FO4. The molecule has 0 fully saturated rings. The maximum Gasteiger partial charge on any atom is 0.339 e. The number of hydrogen-bond donors (Lipinski definition) is 0. The van der Waals surface area contributed by atoms with Crippen LogP contribution < -0.4 is 0 Å². The zero-order valence-corrected chi connectivity index (χ0v) is 11.2. The fraction of sp³-hybridized carbons (Fsp3) is 0.429. The molecule has 4 nitrogen and oxygen atoms in total. The third-order valence-electron chi connectivity index (χ3n) is 2.24. The van der Waals surface area contributed by atoms with Crippen molar-refractivity contribution in [3.8, 4) is 0 Å². The lowest BCUT2D eigenvalue weighted by Gasteiger charge is -2.10. The Bertz CT molecular complexity index is 469. The third kappa shape index (κ3) is 4.35. The van der Waals surface area contributed by atoms with Crippen LogP contribution in [0, 0.1) is 11.7 Å². The van der Waals surface area contributed by atoms with Gasteiger partial charge in [-0.2, -0.15) is 0 Å². The van der Waals surface area contributed by atoms with Gasteiger partial charge < -0.3 is 9.47 Å². The van der Waals surface area contributed by atoms with Crippen LogP contribution in [0.2, 0.25) is 0 Å². The van der Waals surface area contributed by atoms with Crippen molar-refractivity contribution in [2.24, 2.45) is 5.92 Å². The molecule has 1 rings (SSSR count). The Morgan fingerprint density at radius 3 is 2.37 bits per heavy atom. The Labute approximate surface area is 111 Å². The summed E-state index contributed by atoms with van der Waals surface area (Å²) in [6.45, 7) is 5.79. The van der Waals surface area contributed by atoms with Gasteiger partial charge in [0.25, 0.3) is 0 Å². The van der Waals surface area contributed by atoms with E-state index in [1.807, 2.05) is 13.8 Å². The fourth-order valence-corrected chi connectivity index (χ4v) is 1.39. The molecule has 0 aliphatic heterocycles. The summed E-state index contributed by atoms with van der Waals surface area (Å²) in [4.78, 5) is 23.5. The Kier molecular flexibility index (Phi) is 5.48. The van der Waals surface area contributed by atoms with Gasteiger partial charge in [0.05, 0.1) is 24.3 Å². The molecule has 0 heterocycles. The lowest BCUT2D eigenvalue weighted by atomic mass is 10.1. The molecule has 0 saturated heterocycles. The first-order chi connectivity index (χ1) is 8.95. The van der Waals surface area contributed by atoms with Crippen molar-refractivity contribution in [3.63, 3.8) is 0 Å². The molecule has 0 spiro atoms. The van der Waals surface area contributed by atoms with Crippen molar-refractivity contribution < 1.29 is 23.5 Å². The van der Waals surface area contributed by atoms with E-state index in [1.165, 1.54) is 6.07 Å². The summed E-state index contributed by atoms with van der Waals surface area (Å²) in [5.41, 5.74) is -0.101. The van der Waals surface area contributed by atoms with Crippen LogP contribution in [-0.4, -0.2) is 25.2 Å². The van der Waals surface area contributed by atoms with Gasteiger partial charge in [0, 0.05) is 0 Å². The van der Waals surface area contributed by atoms with Crippen molar-refractivity contribution in [1.82, 2.24) is 0 Å². The van der Waals surface area contributed by atoms with E-state index in [2.05, 4.69) is 0 Å². The van der Waals surface area contributed by atoms with Crippen LogP contribution in [0.3, 0.4) is 0 Å². The topological polar surface area (TPSA) is 52.6 Å². The van der Waals surface area contributed by atoms with Gasteiger partial charge in [-0.3, -0.25) is 0 Å². The van der Waals surface area contributed by atoms with Crippen molar-refractivity contribution in [2.45, 2.75) is 20.8 Å². The van der Waals surface area contributed by atoms with Crippen LogP contribution in [0.15, 0.2) is 18.2 Å². The Morgan fingerprint density at radius 1 is 1.16 bits per heavy atom. The third-order valence-corrected chi connectivity index (χ3v) is 2.24. The maximum atomic E-state index is 13.2. The van der Waals surface area contributed by atoms with E-state index in [9.17, 15) is 14.0 Å². The quantitative estimate of drug-likeness (QED) is 0.770. The van der Waals surface area contributed by atoms with Crippen molar-refractivity contribution in [3.05, 3.63) is 35.1 Å². The molecule has 5 heteroatoms. The average molecular weight is 268 g/mol. The summed E-state index contributed by atoms with van der Waals surface area (Å²) in [6.07, 6.45) is 0. The van der Waals surface area contributed by atoms with Crippen molar-refractivity contribution in [2.75, 3.05) is 13.2 Å². The Hall–Kier alpha value is -1.91. The van der Waals surface area contributed by atoms with Gasteiger partial charge in [-0.15, -0.1) is 0 Å². The molecule has 19 heavy (non-hydrogen) atoms. The van der Waals surface area contributed by atoms with Crippen molar-refractivity contribution in [1.29, 1.82) is 0 Å². The number of carbonyl (C=O) groups excluding carboxylic acids is 2. The molecule has 1 aromatic rings. The maximum absolute atomic E-state index is 13.2. The van der Waals surface area contributed by atoms with Crippen LogP contribution in [-0.2, 0) is 9.47 Å². The lowest BCUT2D eigenvalue weighted by Crippen LogP contribution is -2.16. The number of benzene rings is 1. The van der Waals surface area contributed by atoms with E-state index in [0.717, 1.165) is 12.1 Å². The summed E-state index contributed by atoms with van der Waals surface area (Å²) in [7, 11) is 0. The minimum absolute atomic E-state index is 0.0111. The zero-order chi connectivity index (χ0) is 14.4. The Morgan fingerprint density at radius 2 is 1.79 bits per heavy atom. The first kappa shape index (κ1) is 15.1.